The third-order valence-corrected chi connectivity index (χ3v) is 4.30. The van der Waals surface area contributed by atoms with Gasteiger partial charge in [0.2, 0.25) is 0 Å². The van der Waals surface area contributed by atoms with E-state index in [1.165, 1.54) is 0 Å². The minimum absolute atomic E-state index is 0.0193. The van der Waals surface area contributed by atoms with Crippen LogP contribution < -0.4 is 0 Å². The molecule has 21 heavy (non-hydrogen) atoms. The summed E-state index contributed by atoms with van der Waals surface area (Å²) in [6, 6.07) is 0. The van der Waals surface area contributed by atoms with Gasteiger partial charge in [-0.3, -0.25) is 4.79 Å². The van der Waals surface area contributed by atoms with Gasteiger partial charge >= 0.3 is 0 Å². The van der Waals surface area contributed by atoms with E-state index in [4.69, 9.17) is 4.74 Å². The van der Waals surface area contributed by atoms with E-state index in [9.17, 15) is 9.90 Å². The van der Waals surface area contributed by atoms with Crippen LogP contribution in [-0.4, -0.2) is 29.5 Å². The average Bonchev–Trinajstić information content (AvgIpc) is 2.43. The molecule has 0 unspecified atom stereocenters. The molecule has 3 nitrogen and oxygen atoms in total. The molecular formula is C17H34O3S. The van der Waals surface area contributed by atoms with Crippen LogP contribution in [0.3, 0.4) is 0 Å². The van der Waals surface area contributed by atoms with Crippen LogP contribution in [0, 0.1) is 17.8 Å². The van der Waals surface area contributed by atoms with Crippen molar-refractivity contribution in [2.75, 3.05) is 13.2 Å². The molecule has 4 heteroatoms. The zero-order valence-electron chi connectivity index (χ0n) is 14.2. The van der Waals surface area contributed by atoms with Gasteiger partial charge < -0.3 is 9.84 Å². The predicted molar refractivity (Wildman–Crippen MR) is 91.7 cm³/mol. The highest BCUT2D eigenvalue weighted by Gasteiger charge is 2.12. The molecule has 126 valence electrons. The molecule has 0 amide bonds. The van der Waals surface area contributed by atoms with E-state index in [1.807, 2.05) is 6.92 Å². The maximum atomic E-state index is 10.8. The maximum absolute atomic E-state index is 10.8. The Hall–Kier alpha value is -0.0600. The van der Waals surface area contributed by atoms with Gasteiger partial charge in [-0.2, -0.15) is 0 Å². The molecule has 0 aliphatic rings. The maximum Gasteiger partial charge on any atom is 0.185 e. The first-order chi connectivity index (χ1) is 9.86. The lowest BCUT2D eigenvalue weighted by Gasteiger charge is -2.18. The zero-order chi connectivity index (χ0) is 16.3. The second-order valence-corrected chi connectivity index (χ2v) is 7.05. The Morgan fingerprint density at radius 3 is 2.43 bits per heavy atom. The number of aliphatic hydroxyl groups is 1. The highest BCUT2D eigenvalue weighted by atomic mass is 32.1. The number of carbonyl (C=O) groups is 1. The molecule has 0 heterocycles. The molecule has 0 spiro atoms. The van der Waals surface area contributed by atoms with E-state index in [2.05, 4.69) is 33.4 Å². The fraction of sp³-hybridized carbons (Fsp3) is 0.941. The highest BCUT2D eigenvalue weighted by molar-refractivity contribution is 7.96. The van der Waals surface area contributed by atoms with Crippen LogP contribution >= 0.6 is 12.6 Å². The van der Waals surface area contributed by atoms with Crippen LogP contribution in [-0.2, 0) is 9.53 Å². The van der Waals surface area contributed by atoms with Gasteiger partial charge in [-0.05, 0) is 49.9 Å². The number of carbonyl (C=O) groups excluding carboxylic acids is 1. The van der Waals surface area contributed by atoms with Gasteiger partial charge in [-0.15, -0.1) is 12.6 Å². The summed E-state index contributed by atoms with van der Waals surface area (Å²) in [5.74, 6) is 1.42. The Kier molecular flexibility index (Phi) is 12.4. The topological polar surface area (TPSA) is 46.5 Å². The SMILES string of the molecule is CC[C@@H](O)[C@H](C)CCCOC[C@H](C)C[C@H](C)CCC(=O)S. The molecule has 1 N–H and O–H groups in total. The highest BCUT2D eigenvalue weighted by Crippen LogP contribution is 2.18. The minimum Gasteiger partial charge on any atom is -0.393 e. The number of rotatable bonds is 13. The number of hydrogen-bond acceptors (Lipinski definition) is 3. The number of aliphatic hydroxyl groups excluding tert-OH is 1. The van der Waals surface area contributed by atoms with Crippen LogP contribution in [0.5, 0.6) is 0 Å². The lowest BCUT2D eigenvalue weighted by molar-refractivity contribution is -0.111. The van der Waals surface area contributed by atoms with Gasteiger partial charge in [0.05, 0.1) is 6.10 Å². The molecule has 0 fully saturated rings. The van der Waals surface area contributed by atoms with Gasteiger partial charge in [-0.25, -0.2) is 0 Å². The molecule has 4 atom stereocenters. The molecular weight excluding hydrogens is 284 g/mol. The van der Waals surface area contributed by atoms with Crippen molar-refractivity contribution in [2.24, 2.45) is 17.8 Å². The van der Waals surface area contributed by atoms with Crippen LogP contribution in [0.25, 0.3) is 0 Å². The van der Waals surface area contributed by atoms with Crippen LogP contribution in [0.2, 0.25) is 0 Å². The molecule has 0 aromatic rings. The summed E-state index contributed by atoms with van der Waals surface area (Å²) < 4.78 is 5.72. The Labute approximate surface area is 136 Å². The summed E-state index contributed by atoms with van der Waals surface area (Å²) in [6.45, 7) is 10.0. The third kappa shape index (κ3) is 12.2. The molecule has 0 saturated carbocycles. The summed E-state index contributed by atoms with van der Waals surface area (Å²) >= 11 is 3.80. The number of thiol groups is 1. The van der Waals surface area contributed by atoms with Gasteiger partial charge in [0.15, 0.2) is 5.12 Å². The molecule has 0 radical (unpaired) electrons. The second kappa shape index (κ2) is 12.5. The first kappa shape index (κ1) is 20.9. The van der Waals surface area contributed by atoms with Crippen molar-refractivity contribution in [2.45, 2.75) is 72.3 Å². The molecule has 0 aliphatic heterocycles. The standard InChI is InChI=1S/C17H34O3S/c1-5-16(18)15(4)7-6-10-20-12-14(3)11-13(2)8-9-17(19)21/h13-16,18H,5-12H2,1-4H3,(H,19,21)/t13-,14-,15-,16-/m1/s1. The summed E-state index contributed by atoms with van der Waals surface area (Å²) in [5.41, 5.74) is 0. The van der Waals surface area contributed by atoms with Gasteiger partial charge in [0.1, 0.15) is 0 Å². The second-order valence-electron chi connectivity index (χ2n) is 6.55. The lowest BCUT2D eigenvalue weighted by atomic mass is 9.94. The Balaban J connectivity index is 3.57. The van der Waals surface area contributed by atoms with Crippen molar-refractivity contribution in [1.82, 2.24) is 0 Å². The van der Waals surface area contributed by atoms with E-state index in [0.29, 0.717) is 24.2 Å². The van der Waals surface area contributed by atoms with Gasteiger partial charge in [-0.1, -0.05) is 27.7 Å². The van der Waals surface area contributed by atoms with Crippen molar-refractivity contribution in [3.63, 3.8) is 0 Å². The predicted octanol–water partition coefficient (Wildman–Crippen LogP) is 4.09. The number of ether oxygens (including phenoxy) is 1. The molecule has 0 aliphatic carbocycles. The molecule has 0 bridgehead atoms. The van der Waals surface area contributed by atoms with Crippen molar-refractivity contribution < 1.29 is 14.6 Å². The van der Waals surface area contributed by atoms with Gasteiger partial charge in [0, 0.05) is 19.6 Å². The Morgan fingerprint density at radius 2 is 1.86 bits per heavy atom. The van der Waals surface area contributed by atoms with Gasteiger partial charge in [0.25, 0.3) is 0 Å². The quantitative estimate of drug-likeness (QED) is 0.397. The first-order valence-electron chi connectivity index (χ1n) is 8.34. The van der Waals surface area contributed by atoms with Crippen molar-refractivity contribution in [3.8, 4) is 0 Å². The lowest BCUT2D eigenvalue weighted by Crippen LogP contribution is -2.17. The van der Waals surface area contributed by atoms with Crippen molar-refractivity contribution in [1.29, 1.82) is 0 Å². The summed E-state index contributed by atoms with van der Waals surface area (Å²) in [4.78, 5) is 10.8. The van der Waals surface area contributed by atoms with E-state index < -0.39 is 0 Å². The summed E-state index contributed by atoms with van der Waals surface area (Å²) in [7, 11) is 0. The molecule has 0 aromatic heterocycles. The Bertz CT molecular complexity index is 271. The number of hydrogen-bond donors (Lipinski definition) is 2. The van der Waals surface area contributed by atoms with Crippen LogP contribution in [0.15, 0.2) is 0 Å². The monoisotopic (exact) mass is 318 g/mol. The fourth-order valence-corrected chi connectivity index (χ4v) is 2.76. The van der Waals surface area contributed by atoms with E-state index in [-0.39, 0.29) is 11.2 Å². The normalized spacial score (nSPS) is 17.2. The molecule has 0 aromatic carbocycles. The first-order valence-corrected chi connectivity index (χ1v) is 8.79. The van der Waals surface area contributed by atoms with Crippen molar-refractivity contribution in [3.05, 3.63) is 0 Å². The minimum atomic E-state index is -0.181. The zero-order valence-corrected chi connectivity index (χ0v) is 15.1. The fourth-order valence-electron chi connectivity index (χ4n) is 2.63. The Morgan fingerprint density at radius 1 is 1.19 bits per heavy atom. The van der Waals surface area contributed by atoms with E-state index in [1.54, 1.807) is 0 Å². The van der Waals surface area contributed by atoms with Crippen LogP contribution in [0.1, 0.15) is 66.2 Å². The average molecular weight is 319 g/mol. The summed E-state index contributed by atoms with van der Waals surface area (Å²) in [6.07, 6.45) is 5.24. The smallest absolute Gasteiger partial charge is 0.185 e. The van der Waals surface area contributed by atoms with E-state index >= 15 is 0 Å². The summed E-state index contributed by atoms with van der Waals surface area (Å²) in [5, 5.41) is 9.67. The van der Waals surface area contributed by atoms with E-state index in [0.717, 1.165) is 45.3 Å². The van der Waals surface area contributed by atoms with Crippen LogP contribution in [0.4, 0.5) is 0 Å². The molecule has 0 saturated heterocycles. The molecule has 0 rings (SSSR count). The van der Waals surface area contributed by atoms with Crippen molar-refractivity contribution >= 4 is 17.7 Å². The third-order valence-electron chi connectivity index (χ3n) is 4.08. The largest absolute Gasteiger partial charge is 0.393 e.